The van der Waals surface area contributed by atoms with E-state index in [2.05, 4.69) is 37.0 Å². The molecule has 0 aliphatic rings. The highest BCUT2D eigenvalue weighted by atomic mass is 32.1. The lowest BCUT2D eigenvalue weighted by atomic mass is 10.1. The molecule has 0 fully saturated rings. The number of hydrogen-bond acceptors (Lipinski definition) is 5. The summed E-state index contributed by atoms with van der Waals surface area (Å²) in [5, 5.41) is 0.794. The summed E-state index contributed by atoms with van der Waals surface area (Å²) < 4.78 is 5.03. The second-order valence-corrected chi connectivity index (χ2v) is 6.15. The minimum Gasteiger partial charge on any atom is -0.461 e. The van der Waals surface area contributed by atoms with Crippen LogP contribution in [-0.4, -0.2) is 24.6 Å². The second kappa shape index (κ2) is 6.26. The van der Waals surface area contributed by atoms with Gasteiger partial charge in [-0.3, -0.25) is 0 Å². The van der Waals surface area contributed by atoms with E-state index in [4.69, 9.17) is 4.74 Å². The maximum atomic E-state index is 11.9. The number of rotatable bonds is 4. The third kappa shape index (κ3) is 3.24. The Bertz CT molecular complexity index is 664. The number of esters is 1. The summed E-state index contributed by atoms with van der Waals surface area (Å²) in [6, 6.07) is 6.29. The summed E-state index contributed by atoms with van der Waals surface area (Å²) in [6.45, 7) is 8.19. The smallest absolute Gasteiger partial charge is 0.358 e. The lowest BCUT2D eigenvalue weighted by Crippen LogP contribution is -2.12. The Morgan fingerprint density at radius 3 is 2.67 bits per heavy atom. The minimum absolute atomic E-state index is 0.355. The Labute approximate surface area is 129 Å². The molecule has 21 heavy (non-hydrogen) atoms. The fourth-order valence-electron chi connectivity index (χ4n) is 2.20. The van der Waals surface area contributed by atoms with Gasteiger partial charge >= 0.3 is 5.97 Å². The van der Waals surface area contributed by atoms with Gasteiger partial charge in [0.25, 0.3) is 0 Å². The van der Waals surface area contributed by atoms with E-state index in [0.717, 1.165) is 15.7 Å². The van der Waals surface area contributed by atoms with Crippen molar-refractivity contribution in [2.45, 2.75) is 27.7 Å². The fraction of sp³-hybridized carbons (Fsp3) is 0.375. The van der Waals surface area contributed by atoms with Crippen LogP contribution in [0.15, 0.2) is 18.2 Å². The van der Waals surface area contributed by atoms with Gasteiger partial charge in [-0.2, -0.15) is 0 Å². The fourth-order valence-corrected chi connectivity index (χ4v) is 3.07. The summed E-state index contributed by atoms with van der Waals surface area (Å²) in [6.07, 6.45) is 0. The van der Waals surface area contributed by atoms with Crippen molar-refractivity contribution < 1.29 is 9.53 Å². The van der Waals surface area contributed by atoms with Gasteiger partial charge in [0.2, 0.25) is 0 Å². The molecule has 0 radical (unpaired) electrons. The Morgan fingerprint density at radius 1 is 1.33 bits per heavy atom. The van der Waals surface area contributed by atoms with Gasteiger partial charge in [-0.25, -0.2) is 9.78 Å². The highest BCUT2D eigenvalue weighted by Crippen LogP contribution is 2.32. The lowest BCUT2D eigenvalue weighted by molar-refractivity contribution is 0.0519. The summed E-state index contributed by atoms with van der Waals surface area (Å²) in [7, 11) is 1.96. The summed E-state index contributed by atoms with van der Waals surface area (Å²) in [5.41, 5.74) is 3.91. The van der Waals surface area contributed by atoms with E-state index in [1.165, 1.54) is 22.5 Å². The van der Waals surface area contributed by atoms with Gasteiger partial charge in [0, 0.05) is 17.6 Å². The van der Waals surface area contributed by atoms with Crippen LogP contribution >= 0.6 is 11.3 Å². The highest BCUT2D eigenvalue weighted by molar-refractivity contribution is 7.15. The van der Waals surface area contributed by atoms with Crippen molar-refractivity contribution in [2.75, 3.05) is 18.6 Å². The van der Waals surface area contributed by atoms with Crippen LogP contribution in [-0.2, 0) is 4.74 Å². The molecule has 0 N–H and O–H groups in total. The van der Waals surface area contributed by atoms with Crippen LogP contribution in [0.3, 0.4) is 0 Å². The summed E-state index contributed by atoms with van der Waals surface area (Å²) in [4.78, 5) is 19.2. The molecule has 0 aliphatic carbocycles. The molecule has 112 valence electrons. The van der Waals surface area contributed by atoms with Crippen LogP contribution in [0.25, 0.3) is 0 Å². The summed E-state index contributed by atoms with van der Waals surface area (Å²) >= 11 is 1.50. The quantitative estimate of drug-likeness (QED) is 0.800. The second-order valence-electron chi connectivity index (χ2n) is 4.97. The van der Waals surface area contributed by atoms with E-state index < -0.39 is 0 Å². The van der Waals surface area contributed by atoms with Crippen LogP contribution < -0.4 is 4.90 Å². The molecule has 0 amide bonds. The van der Waals surface area contributed by atoms with Gasteiger partial charge in [-0.05, 0) is 39.3 Å². The van der Waals surface area contributed by atoms with Crippen molar-refractivity contribution in [1.82, 2.24) is 4.98 Å². The molecule has 1 aromatic carbocycles. The molecule has 4 nitrogen and oxygen atoms in total. The molecule has 2 aromatic rings. The topological polar surface area (TPSA) is 42.4 Å². The van der Waals surface area contributed by atoms with E-state index in [1.807, 2.05) is 18.9 Å². The number of aryl methyl sites for hydroxylation is 3. The minimum atomic E-state index is -0.355. The molecule has 0 spiro atoms. The first-order valence-electron chi connectivity index (χ1n) is 6.89. The zero-order valence-electron chi connectivity index (χ0n) is 13.1. The first kappa shape index (κ1) is 15.5. The average molecular weight is 304 g/mol. The molecule has 1 aromatic heterocycles. The van der Waals surface area contributed by atoms with Crippen molar-refractivity contribution in [1.29, 1.82) is 0 Å². The van der Waals surface area contributed by atoms with Crippen molar-refractivity contribution >= 4 is 28.1 Å². The number of thiazole rings is 1. The number of anilines is 2. The van der Waals surface area contributed by atoms with Gasteiger partial charge in [0.15, 0.2) is 10.8 Å². The molecule has 0 saturated carbocycles. The molecule has 5 heteroatoms. The number of hydrogen-bond donors (Lipinski definition) is 0. The molecule has 2 rings (SSSR count). The molecule has 1 heterocycles. The van der Waals surface area contributed by atoms with E-state index in [1.54, 1.807) is 6.92 Å². The molecular weight excluding hydrogens is 284 g/mol. The normalized spacial score (nSPS) is 10.5. The average Bonchev–Trinajstić information content (AvgIpc) is 2.80. The number of carbonyl (C=O) groups excluding carboxylic acids is 1. The van der Waals surface area contributed by atoms with Gasteiger partial charge < -0.3 is 9.64 Å². The van der Waals surface area contributed by atoms with E-state index in [0.29, 0.717) is 12.3 Å². The van der Waals surface area contributed by atoms with Crippen LogP contribution in [0.1, 0.15) is 33.4 Å². The van der Waals surface area contributed by atoms with Gasteiger partial charge in [0.05, 0.1) is 6.61 Å². The Morgan fingerprint density at radius 2 is 2.05 bits per heavy atom. The molecule has 0 bridgehead atoms. The van der Waals surface area contributed by atoms with Gasteiger partial charge in [0.1, 0.15) is 0 Å². The van der Waals surface area contributed by atoms with E-state index in [-0.39, 0.29) is 5.97 Å². The maximum Gasteiger partial charge on any atom is 0.358 e. The summed E-state index contributed by atoms with van der Waals surface area (Å²) in [5.74, 6) is -0.355. The number of carbonyl (C=O) groups is 1. The lowest BCUT2D eigenvalue weighted by Gasteiger charge is -2.18. The number of benzene rings is 1. The van der Waals surface area contributed by atoms with E-state index in [9.17, 15) is 4.79 Å². The molecule has 0 atom stereocenters. The third-order valence-corrected chi connectivity index (χ3v) is 4.30. The Kier molecular flexibility index (Phi) is 4.63. The van der Waals surface area contributed by atoms with Crippen molar-refractivity contribution in [2.24, 2.45) is 0 Å². The van der Waals surface area contributed by atoms with E-state index >= 15 is 0 Å². The predicted molar refractivity (Wildman–Crippen MR) is 86.8 cm³/mol. The van der Waals surface area contributed by atoms with Crippen LogP contribution in [0.5, 0.6) is 0 Å². The molecule has 0 saturated heterocycles. The first-order valence-corrected chi connectivity index (χ1v) is 7.71. The maximum absolute atomic E-state index is 11.9. The third-order valence-electron chi connectivity index (χ3n) is 3.25. The molecule has 0 unspecified atom stereocenters. The number of aromatic nitrogens is 1. The Balaban J connectivity index is 2.33. The zero-order valence-corrected chi connectivity index (χ0v) is 13.9. The number of nitrogens with zero attached hydrogens (tertiary/aromatic N) is 2. The molecule has 0 aliphatic heterocycles. The Hall–Kier alpha value is -1.88. The first-order chi connectivity index (χ1) is 9.93. The van der Waals surface area contributed by atoms with Crippen LogP contribution in [0, 0.1) is 20.8 Å². The SMILES string of the molecule is CCOC(=O)c1nc(N(C)c2ccc(C)cc2C)sc1C. The van der Waals surface area contributed by atoms with Gasteiger partial charge in [-0.1, -0.05) is 17.7 Å². The zero-order chi connectivity index (χ0) is 15.6. The monoisotopic (exact) mass is 304 g/mol. The predicted octanol–water partition coefficient (Wildman–Crippen LogP) is 4.01. The van der Waals surface area contributed by atoms with Gasteiger partial charge in [-0.15, -0.1) is 11.3 Å². The number of ether oxygens (including phenoxy) is 1. The van der Waals surface area contributed by atoms with Crippen molar-refractivity contribution in [3.05, 3.63) is 39.9 Å². The largest absolute Gasteiger partial charge is 0.461 e. The molecular formula is C16H20N2O2S. The highest BCUT2D eigenvalue weighted by Gasteiger charge is 2.19. The van der Waals surface area contributed by atoms with Crippen molar-refractivity contribution in [3.63, 3.8) is 0 Å². The standard InChI is InChI=1S/C16H20N2O2S/c1-6-20-15(19)14-12(4)21-16(17-14)18(5)13-8-7-10(2)9-11(13)3/h7-9H,6H2,1-5H3. The van der Waals surface area contributed by atoms with Crippen LogP contribution in [0.2, 0.25) is 0 Å². The van der Waals surface area contributed by atoms with Crippen molar-refractivity contribution in [3.8, 4) is 0 Å². The van der Waals surface area contributed by atoms with Crippen LogP contribution in [0.4, 0.5) is 10.8 Å².